The molecule has 108 valence electrons. The second-order valence-electron chi connectivity index (χ2n) is 4.02. The topological polar surface area (TPSA) is 92.2 Å². The lowest BCUT2D eigenvalue weighted by atomic mass is 10.0. The minimum absolute atomic E-state index is 0.00914. The number of halogens is 2. The molecule has 21 heavy (non-hydrogen) atoms. The van der Waals surface area contributed by atoms with Crippen molar-refractivity contribution in [3.63, 3.8) is 0 Å². The molecule has 6 nitrogen and oxygen atoms in total. The minimum Gasteiger partial charge on any atom is -0.478 e. The van der Waals surface area contributed by atoms with Crippen molar-refractivity contribution in [1.82, 2.24) is 9.97 Å². The molecule has 2 N–H and O–H groups in total. The Bertz CT molecular complexity index is 687. The van der Waals surface area contributed by atoms with E-state index < -0.39 is 11.9 Å². The number of carbonyl (C=O) groups is 2. The van der Waals surface area contributed by atoms with Crippen molar-refractivity contribution in [2.45, 2.75) is 6.42 Å². The average Bonchev–Trinajstić information content (AvgIpc) is 2.43. The molecule has 1 aromatic heterocycles. The summed E-state index contributed by atoms with van der Waals surface area (Å²) in [6.45, 7) is 0. The third kappa shape index (κ3) is 3.68. The number of aromatic carboxylic acids is 1. The first kappa shape index (κ1) is 15.2. The highest BCUT2D eigenvalue weighted by Gasteiger charge is 2.15. The molecular weight excluding hydrogens is 317 g/mol. The van der Waals surface area contributed by atoms with Gasteiger partial charge in [-0.05, 0) is 11.6 Å². The Morgan fingerprint density at radius 2 is 1.76 bits per heavy atom. The molecule has 1 heterocycles. The van der Waals surface area contributed by atoms with E-state index >= 15 is 0 Å². The van der Waals surface area contributed by atoms with E-state index in [0.717, 1.165) is 0 Å². The first-order chi connectivity index (χ1) is 9.99. The summed E-state index contributed by atoms with van der Waals surface area (Å²) in [7, 11) is 0. The van der Waals surface area contributed by atoms with Crippen molar-refractivity contribution in [1.29, 1.82) is 0 Å². The van der Waals surface area contributed by atoms with Crippen molar-refractivity contribution in [2.24, 2.45) is 0 Å². The monoisotopic (exact) mass is 325 g/mol. The summed E-state index contributed by atoms with van der Waals surface area (Å²) in [5.74, 6) is -1.57. The Morgan fingerprint density at radius 1 is 1.14 bits per heavy atom. The van der Waals surface area contributed by atoms with Crippen LogP contribution in [0.5, 0.6) is 0 Å². The number of aromatic nitrogens is 2. The van der Waals surface area contributed by atoms with Gasteiger partial charge in [-0.2, -0.15) is 0 Å². The van der Waals surface area contributed by atoms with Crippen LogP contribution in [0, 0.1) is 0 Å². The van der Waals surface area contributed by atoms with Crippen LogP contribution in [0.4, 0.5) is 5.69 Å². The van der Waals surface area contributed by atoms with Crippen LogP contribution in [0.3, 0.4) is 0 Å². The number of rotatable bonds is 4. The average molecular weight is 326 g/mol. The summed E-state index contributed by atoms with van der Waals surface area (Å²) in [6, 6.07) is 6.23. The molecule has 8 heteroatoms. The molecule has 0 aliphatic carbocycles. The Labute approximate surface area is 129 Å². The van der Waals surface area contributed by atoms with Crippen LogP contribution >= 0.6 is 23.2 Å². The number of carboxylic acid groups (broad SMARTS) is 1. The molecule has 0 aliphatic rings. The first-order valence-electron chi connectivity index (χ1n) is 5.76. The molecular formula is C13H9Cl2N3O3. The van der Waals surface area contributed by atoms with Crippen LogP contribution < -0.4 is 5.32 Å². The fraction of sp³-hybridized carbons (Fsp3) is 0.0769. The maximum atomic E-state index is 12.0. The Kier molecular flexibility index (Phi) is 4.72. The molecule has 1 aromatic carbocycles. The van der Waals surface area contributed by atoms with E-state index in [1.165, 1.54) is 12.4 Å². The lowest BCUT2D eigenvalue weighted by molar-refractivity contribution is -0.115. The summed E-state index contributed by atoms with van der Waals surface area (Å²) in [6.07, 6.45) is 1.03. The normalized spacial score (nSPS) is 10.2. The fourth-order valence-electron chi connectivity index (χ4n) is 1.69. The Balaban J connectivity index is 2.18. The number of amides is 1. The molecule has 2 aromatic rings. The van der Waals surface area contributed by atoms with Crippen LogP contribution in [-0.4, -0.2) is 27.0 Å². The minimum atomic E-state index is -1.10. The molecule has 0 atom stereocenters. The van der Waals surface area contributed by atoms with Crippen molar-refractivity contribution < 1.29 is 14.7 Å². The van der Waals surface area contributed by atoms with E-state index in [9.17, 15) is 9.59 Å². The highest BCUT2D eigenvalue weighted by atomic mass is 35.5. The lowest BCUT2D eigenvalue weighted by Crippen LogP contribution is -2.17. The molecule has 0 bridgehead atoms. The van der Waals surface area contributed by atoms with Gasteiger partial charge in [0.2, 0.25) is 5.91 Å². The lowest BCUT2D eigenvalue weighted by Gasteiger charge is -2.09. The van der Waals surface area contributed by atoms with Crippen LogP contribution in [-0.2, 0) is 11.2 Å². The summed E-state index contributed by atoms with van der Waals surface area (Å²) in [4.78, 5) is 30.5. The predicted molar refractivity (Wildman–Crippen MR) is 77.8 cm³/mol. The molecule has 1 amide bonds. The zero-order valence-corrected chi connectivity index (χ0v) is 12.0. The number of anilines is 1. The molecule has 2 rings (SSSR count). The van der Waals surface area contributed by atoms with Gasteiger partial charge in [-0.25, -0.2) is 14.8 Å². The van der Waals surface area contributed by atoms with E-state index in [0.29, 0.717) is 5.56 Å². The number of carbonyl (C=O) groups excluding carboxylic acids is 1. The first-order valence-corrected chi connectivity index (χ1v) is 6.51. The summed E-state index contributed by atoms with van der Waals surface area (Å²) in [5.41, 5.74) is 0.541. The fourth-order valence-corrected chi connectivity index (χ4v) is 2.10. The summed E-state index contributed by atoms with van der Waals surface area (Å²) >= 11 is 11.6. The maximum Gasteiger partial charge on any atom is 0.335 e. The van der Waals surface area contributed by atoms with Crippen LogP contribution in [0.15, 0.2) is 30.6 Å². The molecule has 0 radical (unpaired) electrons. The predicted octanol–water partition coefficient (Wildman–Crippen LogP) is 2.66. The van der Waals surface area contributed by atoms with E-state index in [2.05, 4.69) is 15.3 Å². The summed E-state index contributed by atoms with van der Waals surface area (Å²) < 4.78 is 0. The van der Waals surface area contributed by atoms with Gasteiger partial charge in [0.25, 0.3) is 0 Å². The van der Waals surface area contributed by atoms with Crippen molar-refractivity contribution in [2.75, 3.05) is 5.32 Å². The van der Waals surface area contributed by atoms with Gasteiger partial charge in [-0.1, -0.05) is 41.4 Å². The van der Waals surface area contributed by atoms with Gasteiger partial charge < -0.3 is 10.4 Å². The molecule has 0 spiro atoms. The van der Waals surface area contributed by atoms with Crippen LogP contribution in [0.2, 0.25) is 10.3 Å². The highest BCUT2D eigenvalue weighted by molar-refractivity contribution is 6.38. The molecule has 0 aliphatic heterocycles. The third-order valence-electron chi connectivity index (χ3n) is 2.62. The largest absolute Gasteiger partial charge is 0.478 e. The van der Waals surface area contributed by atoms with Crippen molar-refractivity contribution in [3.8, 4) is 0 Å². The molecule has 0 unspecified atom stereocenters. The molecule has 0 saturated carbocycles. The zero-order chi connectivity index (χ0) is 15.4. The van der Waals surface area contributed by atoms with Gasteiger partial charge in [-0.15, -0.1) is 0 Å². The standard InChI is InChI=1S/C13H9Cl2N3O3/c14-11-10(12(15)17-6-16-11)18-9(19)5-7-3-1-2-4-8(7)13(20)21/h1-4,6H,5H2,(H,18,19)(H,20,21). The number of hydrogen-bond acceptors (Lipinski definition) is 4. The van der Waals surface area contributed by atoms with E-state index in [1.54, 1.807) is 18.2 Å². The van der Waals surface area contributed by atoms with Gasteiger partial charge in [-0.3, -0.25) is 4.79 Å². The second-order valence-corrected chi connectivity index (χ2v) is 4.73. The zero-order valence-electron chi connectivity index (χ0n) is 10.5. The van der Waals surface area contributed by atoms with E-state index in [-0.39, 0.29) is 28.0 Å². The van der Waals surface area contributed by atoms with Crippen molar-refractivity contribution >= 4 is 40.8 Å². The van der Waals surface area contributed by atoms with Gasteiger partial charge in [0.1, 0.15) is 12.0 Å². The second kappa shape index (κ2) is 6.51. The van der Waals surface area contributed by atoms with Gasteiger partial charge >= 0.3 is 5.97 Å². The number of nitrogens with one attached hydrogen (secondary N) is 1. The SMILES string of the molecule is O=C(Cc1ccccc1C(=O)O)Nc1c(Cl)ncnc1Cl. The van der Waals surface area contributed by atoms with Crippen molar-refractivity contribution in [3.05, 3.63) is 52.0 Å². The number of benzene rings is 1. The Morgan fingerprint density at radius 3 is 2.38 bits per heavy atom. The van der Waals surface area contributed by atoms with Gasteiger partial charge in [0.05, 0.1) is 12.0 Å². The number of carboxylic acids is 1. The highest BCUT2D eigenvalue weighted by Crippen LogP contribution is 2.25. The quantitative estimate of drug-likeness (QED) is 0.843. The van der Waals surface area contributed by atoms with Gasteiger partial charge in [0, 0.05) is 0 Å². The maximum absolute atomic E-state index is 12.0. The van der Waals surface area contributed by atoms with Crippen LogP contribution in [0.1, 0.15) is 15.9 Å². The van der Waals surface area contributed by atoms with E-state index in [4.69, 9.17) is 28.3 Å². The van der Waals surface area contributed by atoms with Gasteiger partial charge in [0.15, 0.2) is 10.3 Å². The van der Waals surface area contributed by atoms with Crippen LogP contribution in [0.25, 0.3) is 0 Å². The summed E-state index contributed by atoms with van der Waals surface area (Å²) in [5, 5.41) is 11.6. The van der Waals surface area contributed by atoms with E-state index in [1.807, 2.05) is 0 Å². The Hall–Kier alpha value is -2.18. The third-order valence-corrected chi connectivity index (χ3v) is 3.19. The molecule has 0 fully saturated rings. The number of hydrogen-bond donors (Lipinski definition) is 2. The number of nitrogens with zero attached hydrogens (tertiary/aromatic N) is 2. The smallest absolute Gasteiger partial charge is 0.335 e. The molecule has 0 saturated heterocycles.